The first-order chi connectivity index (χ1) is 13.4. The van der Waals surface area contributed by atoms with Gasteiger partial charge in [-0.1, -0.05) is 29.8 Å². The summed E-state index contributed by atoms with van der Waals surface area (Å²) in [6, 6.07) is 14.4. The lowest BCUT2D eigenvalue weighted by molar-refractivity contribution is -0.902. The van der Waals surface area contributed by atoms with Gasteiger partial charge >= 0.3 is 0 Å². The number of amides is 1. The summed E-state index contributed by atoms with van der Waals surface area (Å²) in [6.07, 6.45) is 0. The van der Waals surface area contributed by atoms with E-state index in [-0.39, 0.29) is 11.9 Å². The number of ether oxygens (including phenoxy) is 1. The van der Waals surface area contributed by atoms with Gasteiger partial charge < -0.3 is 15.0 Å². The summed E-state index contributed by atoms with van der Waals surface area (Å²) in [7, 11) is 2.03. The normalized spacial score (nSPS) is 13.3. The summed E-state index contributed by atoms with van der Waals surface area (Å²) in [5.74, 6) is 0.890. The highest BCUT2D eigenvalue weighted by atomic mass is 32.1. The van der Waals surface area contributed by atoms with E-state index in [1.54, 1.807) is 11.3 Å². The number of likely N-dealkylation sites (N-methyl/N-ethyl adjacent to an activating group) is 1. The van der Waals surface area contributed by atoms with Crippen molar-refractivity contribution in [2.45, 2.75) is 26.8 Å². The highest BCUT2D eigenvalue weighted by Crippen LogP contribution is 2.24. The van der Waals surface area contributed by atoms with Crippen LogP contribution in [0.3, 0.4) is 0 Å². The highest BCUT2D eigenvalue weighted by molar-refractivity contribution is 7.18. The van der Waals surface area contributed by atoms with Crippen LogP contribution in [0.1, 0.15) is 29.1 Å². The van der Waals surface area contributed by atoms with Gasteiger partial charge in [0.25, 0.3) is 5.91 Å². The number of aryl methyl sites for hydroxylation is 2. The number of nitrogens with one attached hydrogen (secondary N) is 2. The number of rotatable bonds is 8. The van der Waals surface area contributed by atoms with Gasteiger partial charge in [-0.15, -0.1) is 11.3 Å². The van der Waals surface area contributed by atoms with Crippen molar-refractivity contribution in [3.8, 4) is 5.75 Å². The molecule has 0 saturated carbocycles. The molecule has 5 nitrogen and oxygen atoms in total. The van der Waals surface area contributed by atoms with Crippen molar-refractivity contribution in [2.75, 3.05) is 26.7 Å². The summed E-state index contributed by atoms with van der Waals surface area (Å²) in [4.78, 5) is 18.1. The Morgan fingerprint density at radius 1 is 1.25 bits per heavy atom. The predicted octanol–water partition coefficient (Wildman–Crippen LogP) is 2.68. The smallest absolute Gasteiger partial charge is 0.275 e. The topological polar surface area (TPSA) is 55.7 Å². The molecule has 0 aliphatic heterocycles. The van der Waals surface area contributed by atoms with Crippen molar-refractivity contribution in [3.05, 3.63) is 58.6 Å². The summed E-state index contributed by atoms with van der Waals surface area (Å²) in [5.41, 5.74) is 3.35. The van der Waals surface area contributed by atoms with Crippen LogP contribution < -0.4 is 15.0 Å². The van der Waals surface area contributed by atoms with Gasteiger partial charge in [-0.25, -0.2) is 4.98 Å². The fourth-order valence-electron chi connectivity index (χ4n) is 3.07. The lowest BCUT2D eigenvalue weighted by atomic mass is 10.1. The van der Waals surface area contributed by atoms with Gasteiger partial charge in [-0.05, 0) is 44.5 Å². The van der Waals surface area contributed by atoms with E-state index in [1.165, 1.54) is 10.3 Å². The molecule has 3 aromatic rings. The van der Waals surface area contributed by atoms with Gasteiger partial charge in [0.1, 0.15) is 18.4 Å². The Bertz CT molecular complexity index is 921. The molecule has 1 heterocycles. The van der Waals surface area contributed by atoms with E-state index in [1.807, 2.05) is 44.3 Å². The average Bonchev–Trinajstić information content (AvgIpc) is 3.10. The molecule has 0 radical (unpaired) electrons. The third-order valence-electron chi connectivity index (χ3n) is 4.87. The highest BCUT2D eigenvalue weighted by Gasteiger charge is 2.21. The molecule has 1 unspecified atom stereocenters. The lowest BCUT2D eigenvalue weighted by Crippen LogP contribution is -3.10. The third-order valence-corrected chi connectivity index (χ3v) is 6.09. The van der Waals surface area contributed by atoms with Crippen molar-refractivity contribution in [1.82, 2.24) is 10.3 Å². The number of quaternary nitrogens is 1. The van der Waals surface area contributed by atoms with Crippen LogP contribution in [0.4, 0.5) is 0 Å². The molecular weight excluding hydrogens is 370 g/mol. The summed E-state index contributed by atoms with van der Waals surface area (Å²) < 4.78 is 6.95. The molecule has 0 aliphatic rings. The van der Waals surface area contributed by atoms with E-state index in [4.69, 9.17) is 9.72 Å². The molecular formula is C22H28N3O2S+. The third kappa shape index (κ3) is 5.09. The lowest BCUT2D eigenvalue weighted by Gasteiger charge is -2.19. The first-order valence-corrected chi connectivity index (χ1v) is 10.4. The number of hydrogen-bond acceptors (Lipinski definition) is 4. The average molecular weight is 399 g/mol. The maximum absolute atomic E-state index is 12.3. The van der Waals surface area contributed by atoms with Gasteiger partial charge in [0.15, 0.2) is 11.6 Å². The Kier molecular flexibility index (Phi) is 6.65. The number of fused-ring (bicyclic) bond motifs is 1. The van der Waals surface area contributed by atoms with Gasteiger partial charge in [0.05, 0.1) is 23.8 Å². The Labute approximate surface area is 170 Å². The molecule has 28 heavy (non-hydrogen) atoms. The number of benzene rings is 2. The minimum atomic E-state index is 0.0229. The molecule has 0 bridgehead atoms. The van der Waals surface area contributed by atoms with Gasteiger partial charge in [0, 0.05) is 0 Å². The van der Waals surface area contributed by atoms with E-state index in [0.717, 1.165) is 26.7 Å². The minimum absolute atomic E-state index is 0.0229. The van der Waals surface area contributed by atoms with Crippen molar-refractivity contribution < 1.29 is 14.4 Å². The number of hydrogen-bond donors (Lipinski definition) is 2. The molecule has 3 rings (SSSR count). The van der Waals surface area contributed by atoms with Crippen molar-refractivity contribution in [1.29, 1.82) is 0 Å². The SMILES string of the molecule is Cc1ccc(OCCNC(=O)C[NH+](C)[C@@H](C)c2nc3ccccc3s2)c(C)c1. The monoisotopic (exact) mass is 398 g/mol. The van der Waals surface area contributed by atoms with Crippen LogP contribution in [0.25, 0.3) is 10.2 Å². The van der Waals surface area contributed by atoms with Crippen LogP contribution in [-0.2, 0) is 4.79 Å². The van der Waals surface area contributed by atoms with Crippen LogP contribution in [0.5, 0.6) is 5.75 Å². The first-order valence-electron chi connectivity index (χ1n) is 9.58. The van der Waals surface area contributed by atoms with Crippen LogP contribution in [0.15, 0.2) is 42.5 Å². The van der Waals surface area contributed by atoms with E-state index >= 15 is 0 Å². The molecule has 1 amide bonds. The zero-order chi connectivity index (χ0) is 20.1. The fraction of sp³-hybridized carbons (Fsp3) is 0.364. The second-order valence-corrected chi connectivity index (χ2v) is 8.29. The van der Waals surface area contributed by atoms with E-state index < -0.39 is 0 Å². The summed E-state index contributed by atoms with van der Waals surface area (Å²) in [5, 5.41) is 4.01. The molecule has 2 aromatic carbocycles. The quantitative estimate of drug-likeness (QED) is 0.574. The van der Waals surface area contributed by atoms with E-state index in [9.17, 15) is 4.79 Å². The number of aromatic nitrogens is 1. The van der Waals surface area contributed by atoms with Gasteiger partial charge in [0.2, 0.25) is 0 Å². The van der Waals surface area contributed by atoms with Crippen LogP contribution in [-0.4, -0.2) is 37.6 Å². The maximum atomic E-state index is 12.3. The van der Waals surface area contributed by atoms with Gasteiger partial charge in [-0.3, -0.25) is 4.79 Å². The van der Waals surface area contributed by atoms with Crippen molar-refractivity contribution in [2.24, 2.45) is 0 Å². The molecule has 1 aromatic heterocycles. The zero-order valence-electron chi connectivity index (χ0n) is 16.9. The molecule has 2 atom stereocenters. The second kappa shape index (κ2) is 9.17. The predicted molar refractivity (Wildman–Crippen MR) is 114 cm³/mol. The van der Waals surface area contributed by atoms with Crippen LogP contribution in [0.2, 0.25) is 0 Å². The van der Waals surface area contributed by atoms with E-state index in [0.29, 0.717) is 19.7 Å². The van der Waals surface area contributed by atoms with Gasteiger partial charge in [-0.2, -0.15) is 0 Å². The number of nitrogens with zero attached hydrogens (tertiary/aromatic N) is 1. The maximum Gasteiger partial charge on any atom is 0.275 e. The van der Waals surface area contributed by atoms with E-state index in [2.05, 4.69) is 31.3 Å². The minimum Gasteiger partial charge on any atom is -0.491 e. The molecule has 0 fully saturated rings. The summed E-state index contributed by atoms with van der Waals surface area (Å²) >= 11 is 1.70. The molecule has 0 aliphatic carbocycles. The van der Waals surface area contributed by atoms with Crippen molar-refractivity contribution >= 4 is 27.5 Å². The summed E-state index contributed by atoms with van der Waals surface area (Å²) in [6.45, 7) is 7.56. The largest absolute Gasteiger partial charge is 0.491 e. The second-order valence-electron chi connectivity index (χ2n) is 7.23. The molecule has 0 saturated heterocycles. The first kappa shape index (κ1) is 20.3. The Balaban J connectivity index is 1.44. The zero-order valence-corrected chi connectivity index (χ0v) is 17.7. The van der Waals surface area contributed by atoms with Crippen LogP contribution >= 0.6 is 11.3 Å². The number of carbonyl (C=O) groups is 1. The Hall–Kier alpha value is -2.44. The number of para-hydroxylation sites is 1. The molecule has 6 heteroatoms. The standard InChI is InChI=1S/C22H27N3O2S/c1-15-9-10-19(16(2)13-15)27-12-11-23-21(26)14-25(4)17(3)22-24-18-7-5-6-8-20(18)28-22/h5-10,13,17H,11-12,14H2,1-4H3,(H,23,26)/p+1/t17-/m0/s1. The number of thiazole rings is 1. The molecule has 2 N–H and O–H groups in total. The Morgan fingerprint density at radius 3 is 2.79 bits per heavy atom. The molecule has 148 valence electrons. The number of carbonyl (C=O) groups excluding carboxylic acids is 1. The Morgan fingerprint density at radius 2 is 2.04 bits per heavy atom. The molecule has 0 spiro atoms. The van der Waals surface area contributed by atoms with Crippen molar-refractivity contribution in [3.63, 3.8) is 0 Å². The van der Waals surface area contributed by atoms with Crippen LogP contribution in [0, 0.1) is 13.8 Å². The fourth-order valence-corrected chi connectivity index (χ4v) is 4.18.